The van der Waals surface area contributed by atoms with Crippen LogP contribution >= 0.6 is 0 Å². The van der Waals surface area contributed by atoms with Gasteiger partial charge in [-0.3, -0.25) is 0 Å². The van der Waals surface area contributed by atoms with E-state index in [1.807, 2.05) is 12.2 Å². The van der Waals surface area contributed by atoms with Gasteiger partial charge in [0.25, 0.3) is 0 Å². The standard InChI is InChI=1S/C16H20O/c1-5-13(6-2)11(3)12(4)16-10-14-8-7-9-15(14)17-16/h5,7-10,16H,6H2,1-4H3. The summed E-state index contributed by atoms with van der Waals surface area (Å²) in [6, 6.07) is 0. The SMILES string of the molecule is CC=C(CC)C(C)=C(C)C1C=C2C=CC=C2O1. The van der Waals surface area contributed by atoms with Gasteiger partial charge < -0.3 is 4.74 Å². The average molecular weight is 228 g/mol. The zero-order valence-electron chi connectivity index (χ0n) is 11.1. The van der Waals surface area contributed by atoms with E-state index in [4.69, 9.17) is 4.74 Å². The van der Waals surface area contributed by atoms with E-state index in [9.17, 15) is 0 Å². The third-order valence-electron chi connectivity index (χ3n) is 3.62. The molecule has 0 amide bonds. The van der Waals surface area contributed by atoms with Crippen LogP contribution in [0.2, 0.25) is 0 Å². The van der Waals surface area contributed by atoms with E-state index in [1.165, 1.54) is 22.3 Å². The summed E-state index contributed by atoms with van der Waals surface area (Å²) in [5.41, 5.74) is 5.31. The minimum absolute atomic E-state index is 0.114. The van der Waals surface area contributed by atoms with E-state index in [-0.39, 0.29) is 6.10 Å². The molecule has 1 nitrogen and oxygen atoms in total. The molecular formula is C16H20O. The number of ether oxygens (including phenoxy) is 1. The fraction of sp³-hybridized carbons (Fsp3) is 0.375. The lowest BCUT2D eigenvalue weighted by Gasteiger charge is -2.16. The molecule has 0 N–H and O–H groups in total. The van der Waals surface area contributed by atoms with E-state index < -0.39 is 0 Å². The molecule has 1 heteroatoms. The number of allylic oxidation sites excluding steroid dienone is 6. The highest BCUT2D eigenvalue weighted by Crippen LogP contribution is 2.33. The zero-order chi connectivity index (χ0) is 12.4. The first-order chi connectivity index (χ1) is 8.17. The summed E-state index contributed by atoms with van der Waals surface area (Å²) < 4.78 is 5.93. The smallest absolute Gasteiger partial charge is 0.139 e. The van der Waals surface area contributed by atoms with Crippen LogP contribution in [-0.4, -0.2) is 6.10 Å². The Kier molecular flexibility index (Phi) is 3.37. The first-order valence-electron chi connectivity index (χ1n) is 6.27. The van der Waals surface area contributed by atoms with Crippen molar-refractivity contribution >= 4 is 0 Å². The maximum atomic E-state index is 5.93. The van der Waals surface area contributed by atoms with Crippen LogP contribution in [0.25, 0.3) is 0 Å². The number of fused-ring (bicyclic) bond motifs is 1. The van der Waals surface area contributed by atoms with Crippen molar-refractivity contribution in [2.75, 3.05) is 0 Å². The fourth-order valence-electron chi connectivity index (χ4n) is 2.36. The lowest BCUT2D eigenvalue weighted by Crippen LogP contribution is -2.08. The van der Waals surface area contributed by atoms with Gasteiger partial charge in [-0.2, -0.15) is 0 Å². The van der Waals surface area contributed by atoms with Gasteiger partial charge in [-0.15, -0.1) is 0 Å². The van der Waals surface area contributed by atoms with Crippen LogP contribution in [0, 0.1) is 0 Å². The summed E-state index contributed by atoms with van der Waals surface area (Å²) >= 11 is 0. The molecule has 0 saturated carbocycles. The van der Waals surface area contributed by atoms with Gasteiger partial charge in [0.1, 0.15) is 11.9 Å². The summed E-state index contributed by atoms with van der Waals surface area (Å²) in [6.45, 7) is 8.65. The molecule has 0 saturated heterocycles. The molecule has 1 heterocycles. The number of hydrogen-bond donors (Lipinski definition) is 0. The van der Waals surface area contributed by atoms with Crippen LogP contribution in [0.1, 0.15) is 34.1 Å². The lowest BCUT2D eigenvalue weighted by atomic mass is 9.96. The van der Waals surface area contributed by atoms with Gasteiger partial charge in [0.15, 0.2) is 0 Å². The third-order valence-corrected chi connectivity index (χ3v) is 3.62. The van der Waals surface area contributed by atoms with Gasteiger partial charge in [-0.1, -0.05) is 25.2 Å². The summed E-state index contributed by atoms with van der Waals surface area (Å²) in [4.78, 5) is 0. The molecule has 1 atom stereocenters. The Labute approximate surface area is 104 Å². The molecule has 0 aromatic carbocycles. The summed E-state index contributed by atoms with van der Waals surface area (Å²) in [6.07, 6.45) is 11.8. The maximum Gasteiger partial charge on any atom is 0.139 e. The molecule has 1 unspecified atom stereocenters. The minimum Gasteiger partial charge on any atom is -0.481 e. The van der Waals surface area contributed by atoms with E-state index in [0.29, 0.717) is 0 Å². The first kappa shape index (κ1) is 12.0. The molecule has 0 bridgehead atoms. The van der Waals surface area contributed by atoms with Crippen molar-refractivity contribution in [2.45, 2.75) is 40.2 Å². The highest BCUT2D eigenvalue weighted by Gasteiger charge is 2.24. The minimum atomic E-state index is 0.114. The predicted octanol–water partition coefficient (Wildman–Crippen LogP) is 4.46. The average Bonchev–Trinajstić information content (AvgIpc) is 2.89. The van der Waals surface area contributed by atoms with Crippen LogP contribution in [0.4, 0.5) is 0 Å². The van der Waals surface area contributed by atoms with Gasteiger partial charge in [-0.05, 0) is 56.1 Å². The zero-order valence-corrected chi connectivity index (χ0v) is 11.1. The largest absolute Gasteiger partial charge is 0.481 e. The summed E-state index contributed by atoms with van der Waals surface area (Å²) in [5, 5.41) is 0. The molecule has 0 aromatic rings. The van der Waals surface area contributed by atoms with Crippen molar-refractivity contribution in [1.82, 2.24) is 0 Å². The van der Waals surface area contributed by atoms with Gasteiger partial charge in [0, 0.05) is 5.57 Å². The van der Waals surface area contributed by atoms with Crippen LogP contribution in [0.5, 0.6) is 0 Å². The monoisotopic (exact) mass is 228 g/mol. The van der Waals surface area contributed by atoms with Crippen LogP contribution in [0.3, 0.4) is 0 Å². The molecule has 90 valence electrons. The van der Waals surface area contributed by atoms with Crippen LogP contribution in [-0.2, 0) is 4.74 Å². The van der Waals surface area contributed by atoms with Gasteiger partial charge >= 0.3 is 0 Å². The quantitative estimate of drug-likeness (QED) is 0.648. The Balaban J connectivity index is 2.25. The predicted molar refractivity (Wildman–Crippen MR) is 72.6 cm³/mol. The number of hydrogen-bond acceptors (Lipinski definition) is 1. The van der Waals surface area contributed by atoms with Crippen molar-refractivity contribution in [3.05, 3.63) is 58.4 Å². The Bertz CT molecular complexity index is 470. The number of rotatable bonds is 3. The highest BCUT2D eigenvalue weighted by molar-refractivity contribution is 5.51. The molecule has 0 spiro atoms. The van der Waals surface area contributed by atoms with Crippen molar-refractivity contribution < 1.29 is 4.74 Å². The molecule has 17 heavy (non-hydrogen) atoms. The Morgan fingerprint density at radius 2 is 2.18 bits per heavy atom. The molecule has 1 aliphatic heterocycles. The molecule has 0 fully saturated rings. The molecule has 0 aromatic heterocycles. The first-order valence-corrected chi connectivity index (χ1v) is 6.27. The molecule has 1 aliphatic carbocycles. The van der Waals surface area contributed by atoms with Gasteiger partial charge in [-0.25, -0.2) is 0 Å². The maximum absolute atomic E-state index is 5.93. The normalized spacial score (nSPS) is 24.0. The lowest BCUT2D eigenvalue weighted by molar-refractivity contribution is 0.209. The van der Waals surface area contributed by atoms with Crippen LogP contribution in [0.15, 0.2) is 58.4 Å². The Hall–Kier alpha value is -1.50. The summed E-state index contributed by atoms with van der Waals surface area (Å²) in [7, 11) is 0. The van der Waals surface area contributed by atoms with E-state index in [2.05, 4.69) is 45.9 Å². The molecular weight excluding hydrogens is 208 g/mol. The van der Waals surface area contributed by atoms with Crippen molar-refractivity contribution in [2.24, 2.45) is 0 Å². The van der Waals surface area contributed by atoms with Gasteiger partial charge in [0.2, 0.25) is 0 Å². The topological polar surface area (TPSA) is 9.23 Å². The second-order valence-electron chi connectivity index (χ2n) is 4.53. The second kappa shape index (κ2) is 4.79. The Morgan fingerprint density at radius 1 is 1.41 bits per heavy atom. The molecule has 2 rings (SSSR count). The summed E-state index contributed by atoms with van der Waals surface area (Å²) in [5.74, 6) is 1.01. The van der Waals surface area contributed by atoms with Gasteiger partial charge in [0.05, 0.1) is 0 Å². The third kappa shape index (κ3) is 2.14. The molecule has 2 aliphatic rings. The molecule has 0 radical (unpaired) electrons. The van der Waals surface area contributed by atoms with Crippen molar-refractivity contribution in [3.8, 4) is 0 Å². The van der Waals surface area contributed by atoms with E-state index in [0.717, 1.165) is 12.2 Å². The second-order valence-corrected chi connectivity index (χ2v) is 4.53. The van der Waals surface area contributed by atoms with Crippen molar-refractivity contribution in [1.29, 1.82) is 0 Å². The fourth-order valence-corrected chi connectivity index (χ4v) is 2.36. The van der Waals surface area contributed by atoms with E-state index in [1.54, 1.807) is 0 Å². The van der Waals surface area contributed by atoms with Crippen LogP contribution < -0.4 is 0 Å². The highest BCUT2D eigenvalue weighted by atomic mass is 16.5. The Morgan fingerprint density at radius 3 is 2.76 bits per heavy atom. The van der Waals surface area contributed by atoms with E-state index >= 15 is 0 Å². The van der Waals surface area contributed by atoms with Crippen molar-refractivity contribution in [3.63, 3.8) is 0 Å².